The topological polar surface area (TPSA) is 91.4 Å². The van der Waals surface area contributed by atoms with Crippen LogP contribution in [0.1, 0.15) is 60.3 Å². The quantitative estimate of drug-likeness (QED) is 0.579. The Hall–Kier alpha value is -2.28. The van der Waals surface area contributed by atoms with Crippen molar-refractivity contribution in [3.05, 3.63) is 29.1 Å². The van der Waals surface area contributed by atoms with E-state index in [1.54, 1.807) is 4.90 Å². The van der Waals surface area contributed by atoms with E-state index in [2.05, 4.69) is 15.6 Å². The van der Waals surface area contributed by atoms with Crippen LogP contribution in [0.4, 0.5) is 0 Å². The maximum Gasteiger partial charge on any atom is 0.256 e. The summed E-state index contributed by atoms with van der Waals surface area (Å²) in [6, 6.07) is 3.20. The van der Waals surface area contributed by atoms with Crippen LogP contribution in [-0.2, 0) is 22.6 Å². The largest absolute Gasteiger partial charge is 0.321 e. The molecule has 144 valence electrons. The van der Waals surface area contributed by atoms with Crippen molar-refractivity contribution in [2.24, 2.45) is 5.92 Å². The third-order valence-electron chi connectivity index (χ3n) is 5.89. The number of carbonyl (C=O) groups is 3. The molecule has 2 N–H and O–H groups in total. The number of fused-ring (bicyclic) bond motifs is 1. The molecule has 3 aliphatic rings. The zero-order valence-corrected chi connectivity index (χ0v) is 15.5. The van der Waals surface area contributed by atoms with Gasteiger partial charge in [-0.15, -0.1) is 0 Å². The highest BCUT2D eigenvalue weighted by atomic mass is 16.2. The summed E-state index contributed by atoms with van der Waals surface area (Å²) in [5.41, 5.74) is 2.35. The van der Waals surface area contributed by atoms with Gasteiger partial charge >= 0.3 is 0 Å². The molecule has 2 saturated heterocycles. The van der Waals surface area contributed by atoms with Crippen molar-refractivity contribution in [1.29, 1.82) is 0 Å². The molecule has 2 unspecified atom stereocenters. The van der Waals surface area contributed by atoms with Gasteiger partial charge in [-0.3, -0.25) is 24.7 Å². The summed E-state index contributed by atoms with van der Waals surface area (Å²) in [5, 5.41) is 5.73. The number of hydrogen-bond acceptors (Lipinski definition) is 5. The summed E-state index contributed by atoms with van der Waals surface area (Å²) in [5.74, 6) is 0.00759. The number of rotatable bonds is 6. The summed E-state index contributed by atoms with van der Waals surface area (Å²) in [4.78, 5) is 42.3. The first-order valence-electron chi connectivity index (χ1n) is 9.96. The highest BCUT2D eigenvalue weighted by Gasteiger charge is 2.39. The minimum atomic E-state index is -0.576. The number of unbranched alkanes of at least 4 members (excludes halogenated alkanes) is 1. The summed E-state index contributed by atoms with van der Waals surface area (Å²) in [6.07, 6.45) is 6.42. The Labute approximate surface area is 158 Å². The smallest absolute Gasteiger partial charge is 0.256 e. The second kappa shape index (κ2) is 7.76. The Morgan fingerprint density at radius 1 is 1.15 bits per heavy atom. The molecule has 0 radical (unpaired) electrons. The van der Waals surface area contributed by atoms with Gasteiger partial charge in [-0.25, -0.2) is 0 Å². The number of nitrogens with one attached hydrogen (secondary N) is 2. The van der Waals surface area contributed by atoms with E-state index >= 15 is 0 Å². The number of nitrogens with zero attached hydrogens (tertiary/aromatic N) is 2. The van der Waals surface area contributed by atoms with Gasteiger partial charge in [0.25, 0.3) is 5.91 Å². The predicted octanol–water partition coefficient (Wildman–Crippen LogP) is 1.16. The van der Waals surface area contributed by atoms with Crippen LogP contribution in [0.2, 0.25) is 0 Å². The van der Waals surface area contributed by atoms with Crippen LogP contribution in [-0.4, -0.2) is 46.7 Å². The highest BCUT2D eigenvalue weighted by Crippen LogP contribution is 2.27. The minimum absolute atomic E-state index is 0.160. The van der Waals surface area contributed by atoms with E-state index in [1.165, 1.54) is 19.3 Å². The molecule has 0 aliphatic carbocycles. The molecule has 7 nitrogen and oxygen atoms in total. The molecule has 1 aromatic heterocycles. The summed E-state index contributed by atoms with van der Waals surface area (Å²) in [6.45, 7) is 2.65. The monoisotopic (exact) mass is 370 g/mol. The molecule has 0 saturated carbocycles. The van der Waals surface area contributed by atoms with E-state index in [-0.39, 0.29) is 24.1 Å². The lowest BCUT2D eigenvalue weighted by Gasteiger charge is -2.29. The fraction of sp³-hybridized carbons (Fsp3) is 0.600. The van der Waals surface area contributed by atoms with Crippen LogP contribution in [0, 0.1) is 5.92 Å². The lowest BCUT2D eigenvalue weighted by atomic mass is 10.00. The average molecular weight is 370 g/mol. The maximum absolute atomic E-state index is 12.7. The average Bonchev–Trinajstić information content (AvgIpc) is 3.27. The Bertz CT molecular complexity index is 758. The third-order valence-corrected chi connectivity index (χ3v) is 5.89. The van der Waals surface area contributed by atoms with Crippen molar-refractivity contribution >= 4 is 17.7 Å². The van der Waals surface area contributed by atoms with Crippen LogP contribution >= 0.6 is 0 Å². The van der Waals surface area contributed by atoms with Gasteiger partial charge in [-0.1, -0.05) is 6.42 Å². The predicted molar refractivity (Wildman–Crippen MR) is 98.8 cm³/mol. The minimum Gasteiger partial charge on any atom is -0.321 e. The summed E-state index contributed by atoms with van der Waals surface area (Å²) >= 11 is 0. The van der Waals surface area contributed by atoms with E-state index < -0.39 is 6.04 Å². The van der Waals surface area contributed by atoms with Crippen LogP contribution in [0.15, 0.2) is 12.1 Å². The van der Waals surface area contributed by atoms with E-state index in [4.69, 9.17) is 0 Å². The normalized spacial score (nSPS) is 25.0. The van der Waals surface area contributed by atoms with Crippen molar-refractivity contribution < 1.29 is 14.4 Å². The van der Waals surface area contributed by atoms with Gasteiger partial charge in [0.05, 0.1) is 17.8 Å². The Morgan fingerprint density at radius 3 is 2.81 bits per heavy atom. The molecule has 0 bridgehead atoms. The van der Waals surface area contributed by atoms with Gasteiger partial charge < -0.3 is 10.2 Å². The molecule has 4 heterocycles. The van der Waals surface area contributed by atoms with Gasteiger partial charge in [-0.05, 0) is 63.2 Å². The molecule has 2 atom stereocenters. The Kier molecular flexibility index (Phi) is 5.20. The van der Waals surface area contributed by atoms with Crippen molar-refractivity contribution in [2.45, 2.75) is 57.5 Å². The van der Waals surface area contributed by atoms with Crippen LogP contribution in [0.25, 0.3) is 0 Å². The molecule has 27 heavy (non-hydrogen) atoms. The molecule has 3 amide bonds. The molecule has 0 spiro atoms. The number of amides is 3. The standard InChI is InChI=1S/C20H26N4O3/c25-18-8-7-17(19(26)23-18)24-12-16-15(20(24)27)6-5-14(22-16)4-2-1-3-13-9-10-21-11-13/h5-6,13,17,21H,1-4,7-12H2,(H,23,25,26). The van der Waals surface area contributed by atoms with Gasteiger partial charge in [-0.2, -0.15) is 0 Å². The molecular weight excluding hydrogens is 344 g/mol. The molecular formula is C20H26N4O3. The van der Waals surface area contributed by atoms with Crippen molar-refractivity contribution in [1.82, 2.24) is 20.5 Å². The Morgan fingerprint density at radius 2 is 2.04 bits per heavy atom. The second-order valence-electron chi connectivity index (χ2n) is 7.80. The number of imide groups is 1. The number of hydrogen-bond donors (Lipinski definition) is 2. The van der Waals surface area contributed by atoms with Crippen molar-refractivity contribution in [3.63, 3.8) is 0 Å². The first-order chi connectivity index (χ1) is 13.1. The molecule has 7 heteroatoms. The molecule has 0 aromatic carbocycles. The second-order valence-corrected chi connectivity index (χ2v) is 7.80. The number of aryl methyl sites for hydroxylation is 1. The molecule has 2 fully saturated rings. The summed E-state index contributed by atoms with van der Waals surface area (Å²) < 4.78 is 0. The number of piperidine rings is 1. The van der Waals surface area contributed by atoms with Gasteiger partial charge in [0.15, 0.2) is 0 Å². The van der Waals surface area contributed by atoms with Crippen LogP contribution < -0.4 is 10.6 Å². The van der Waals surface area contributed by atoms with Crippen LogP contribution in [0.3, 0.4) is 0 Å². The van der Waals surface area contributed by atoms with Gasteiger partial charge in [0.2, 0.25) is 11.8 Å². The SMILES string of the molecule is O=C1CCC(N2Cc3nc(CCCCC4CCNC4)ccc3C2=O)C(=O)N1. The number of pyridine rings is 1. The van der Waals surface area contributed by atoms with E-state index in [9.17, 15) is 14.4 Å². The van der Waals surface area contributed by atoms with Crippen LogP contribution in [0.5, 0.6) is 0 Å². The molecule has 4 rings (SSSR count). The maximum atomic E-state index is 12.7. The van der Waals surface area contributed by atoms with Gasteiger partial charge in [0.1, 0.15) is 6.04 Å². The fourth-order valence-electron chi connectivity index (χ4n) is 4.32. The third kappa shape index (κ3) is 3.88. The van der Waals surface area contributed by atoms with E-state index in [1.807, 2.05) is 12.1 Å². The van der Waals surface area contributed by atoms with E-state index in [0.29, 0.717) is 18.5 Å². The zero-order valence-electron chi connectivity index (χ0n) is 15.5. The lowest BCUT2D eigenvalue weighted by molar-refractivity contribution is -0.136. The Balaban J connectivity index is 1.34. The summed E-state index contributed by atoms with van der Waals surface area (Å²) in [7, 11) is 0. The van der Waals surface area contributed by atoms with Crippen molar-refractivity contribution in [3.8, 4) is 0 Å². The van der Waals surface area contributed by atoms with E-state index in [0.717, 1.165) is 43.2 Å². The highest BCUT2D eigenvalue weighted by molar-refractivity contribution is 6.05. The first kappa shape index (κ1) is 18.1. The first-order valence-corrected chi connectivity index (χ1v) is 9.96. The zero-order chi connectivity index (χ0) is 18.8. The molecule has 1 aromatic rings. The number of aromatic nitrogens is 1. The lowest BCUT2D eigenvalue weighted by Crippen LogP contribution is -2.52. The number of carbonyl (C=O) groups excluding carboxylic acids is 3. The molecule has 3 aliphatic heterocycles. The fourth-order valence-corrected chi connectivity index (χ4v) is 4.32. The van der Waals surface area contributed by atoms with Crippen molar-refractivity contribution in [2.75, 3.05) is 13.1 Å². The van der Waals surface area contributed by atoms with Gasteiger partial charge in [0, 0.05) is 12.1 Å².